The van der Waals surface area contributed by atoms with Crippen molar-refractivity contribution < 1.29 is 23.5 Å². The van der Waals surface area contributed by atoms with Gasteiger partial charge in [-0.1, -0.05) is 36.4 Å². The largest absolute Gasteiger partial charge is 0.451 e. The molecule has 0 fully saturated rings. The fourth-order valence-corrected chi connectivity index (χ4v) is 2.44. The van der Waals surface area contributed by atoms with Gasteiger partial charge in [-0.2, -0.15) is 0 Å². The number of nitrogens with one attached hydrogen (secondary N) is 2. The van der Waals surface area contributed by atoms with E-state index in [0.717, 1.165) is 5.56 Å². The molecule has 7 nitrogen and oxygen atoms in total. The van der Waals surface area contributed by atoms with E-state index in [9.17, 15) is 18.8 Å². The number of aryl methyl sites for hydroxylation is 1. The SMILES string of the molecule is Cc1ccc(NC(=O)[C@@H](C)OC(=O)[C@H](Cc2ccccc2)NC(N)=O)cc1F. The molecule has 2 aromatic carbocycles. The third-order valence-electron chi connectivity index (χ3n) is 3.99. The van der Waals surface area contributed by atoms with Crippen molar-refractivity contribution in [2.75, 3.05) is 5.32 Å². The van der Waals surface area contributed by atoms with Gasteiger partial charge in [0, 0.05) is 12.1 Å². The second-order valence-corrected chi connectivity index (χ2v) is 6.28. The predicted octanol–water partition coefficient (Wildman–Crippen LogP) is 2.28. The van der Waals surface area contributed by atoms with Crippen LogP contribution in [0.4, 0.5) is 14.9 Å². The van der Waals surface area contributed by atoms with Gasteiger partial charge in [-0.25, -0.2) is 14.0 Å². The van der Waals surface area contributed by atoms with Crippen LogP contribution in [0.3, 0.4) is 0 Å². The number of primary amides is 1. The Labute approximate surface area is 162 Å². The maximum atomic E-state index is 13.6. The van der Waals surface area contributed by atoms with Gasteiger partial charge >= 0.3 is 12.0 Å². The van der Waals surface area contributed by atoms with Gasteiger partial charge in [0.2, 0.25) is 0 Å². The summed E-state index contributed by atoms with van der Waals surface area (Å²) in [6, 6.07) is 11.3. The van der Waals surface area contributed by atoms with Crippen LogP contribution in [-0.4, -0.2) is 30.1 Å². The van der Waals surface area contributed by atoms with Crippen LogP contribution in [0.25, 0.3) is 0 Å². The minimum atomic E-state index is -1.16. The molecule has 28 heavy (non-hydrogen) atoms. The van der Waals surface area contributed by atoms with E-state index < -0.39 is 35.9 Å². The summed E-state index contributed by atoms with van der Waals surface area (Å²) in [7, 11) is 0. The van der Waals surface area contributed by atoms with Crippen molar-refractivity contribution in [2.45, 2.75) is 32.4 Å². The molecule has 0 unspecified atom stereocenters. The maximum Gasteiger partial charge on any atom is 0.329 e. The minimum Gasteiger partial charge on any atom is -0.451 e. The molecule has 0 aliphatic carbocycles. The van der Waals surface area contributed by atoms with Gasteiger partial charge in [-0.15, -0.1) is 0 Å². The maximum absolute atomic E-state index is 13.6. The smallest absolute Gasteiger partial charge is 0.329 e. The number of benzene rings is 2. The second kappa shape index (κ2) is 9.50. The summed E-state index contributed by atoms with van der Waals surface area (Å²) in [6.07, 6.45) is -1.01. The first-order chi connectivity index (χ1) is 13.3. The lowest BCUT2D eigenvalue weighted by Crippen LogP contribution is -2.47. The van der Waals surface area contributed by atoms with E-state index in [0.29, 0.717) is 5.56 Å². The van der Waals surface area contributed by atoms with Crippen molar-refractivity contribution >= 4 is 23.6 Å². The van der Waals surface area contributed by atoms with Crippen LogP contribution >= 0.6 is 0 Å². The number of hydrogen-bond acceptors (Lipinski definition) is 4. The quantitative estimate of drug-likeness (QED) is 0.633. The van der Waals surface area contributed by atoms with Gasteiger partial charge in [0.1, 0.15) is 11.9 Å². The molecule has 3 amide bonds. The Morgan fingerprint density at radius 3 is 2.43 bits per heavy atom. The molecule has 148 valence electrons. The molecule has 0 aromatic heterocycles. The first kappa shape index (κ1) is 20.9. The van der Waals surface area contributed by atoms with Gasteiger partial charge in [0.05, 0.1) is 0 Å². The molecule has 0 heterocycles. The van der Waals surface area contributed by atoms with Crippen molar-refractivity contribution in [3.8, 4) is 0 Å². The highest BCUT2D eigenvalue weighted by Gasteiger charge is 2.26. The number of rotatable bonds is 7. The number of nitrogens with two attached hydrogens (primary N) is 1. The number of esters is 1. The lowest BCUT2D eigenvalue weighted by Gasteiger charge is -2.20. The van der Waals surface area contributed by atoms with Crippen LogP contribution in [0.1, 0.15) is 18.1 Å². The zero-order valence-corrected chi connectivity index (χ0v) is 15.6. The second-order valence-electron chi connectivity index (χ2n) is 6.28. The average Bonchev–Trinajstić information content (AvgIpc) is 2.64. The molecule has 0 aliphatic heterocycles. The zero-order valence-electron chi connectivity index (χ0n) is 15.6. The highest BCUT2D eigenvalue weighted by molar-refractivity contribution is 5.95. The summed E-state index contributed by atoms with van der Waals surface area (Å²) in [6.45, 7) is 2.98. The fraction of sp³-hybridized carbons (Fsp3) is 0.250. The Bertz CT molecular complexity index is 858. The number of hydrogen-bond donors (Lipinski definition) is 3. The molecule has 8 heteroatoms. The number of carbonyl (C=O) groups is 3. The van der Waals surface area contributed by atoms with Crippen LogP contribution in [0.5, 0.6) is 0 Å². The summed E-state index contributed by atoms with van der Waals surface area (Å²) in [5, 5.41) is 4.80. The van der Waals surface area contributed by atoms with Crippen LogP contribution < -0.4 is 16.4 Å². The Hall–Kier alpha value is -3.42. The molecule has 2 rings (SSSR count). The van der Waals surface area contributed by atoms with Crippen molar-refractivity contribution in [1.29, 1.82) is 0 Å². The lowest BCUT2D eigenvalue weighted by molar-refractivity contribution is -0.155. The number of carbonyl (C=O) groups excluding carboxylic acids is 3. The highest BCUT2D eigenvalue weighted by Crippen LogP contribution is 2.14. The molecular formula is C20H22FN3O4. The third kappa shape index (κ3) is 6.08. The van der Waals surface area contributed by atoms with E-state index in [2.05, 4.69) is 10.6 Å². The summed E-state index contributed by atoms with van der Waals surface area (Å²) < 4.78 is 18.7. The van der Waals surface area contributed by atoms with E-state index in [1.807, 2.05) is 6.07 Å². The van der Waals surface area contributed by atoms with E-state index in [1.54, 1.807) is 31.2 Å². The van der Waals surface area contributed by atoms with Crippen molar-refractivity contribution in [2.24, 2.45) is 5.73 Å². The number of urea groups is 1. The van der Waals surface area contributed by atoms with Crippen LogP contribution in [0.2, 0.25) is 0 Å². The van der Waals surface area contributed by atoms with Crippen LogP contribution in [0, 0.1) is 12.7 Å². The molecule has 2 atom stereocenters. The Morgan fingerprint density at radius 2 is 1.82 bits per heavy atom. The van der Waals surface area contributed by atoms with Gasteiger partial charge in [0.15, 0.2) is 6.10 Å². The summed E-state index contributed by atoms with van der Waals surface area (Å²) in [5.41, 5.74) is 6.60. The molecule has 0 bridgehead atoms. The van der Waals surface area contributed by atoms with Gasteiger partial charge < -0.3 is 21.1 Å². The highest BCUT2D eigenvalue weighted by atomic mass is 19.1. The van der Waals surface area contributed by atoms with Crippen LogP contribution in [0.15, 0.2) is 48.5 Å². The van der Waals surface area contributed by atoms with E-state index in [4.69, 9.17) is 10.5 Å². The molecule has 4 N–H and O–H groups in total. The normalized spacial score (nSPS) is 12.5. The number of halogens is 1. The molecule has 0 radical (unpaired) electrons. The number of amides is 3. The molecule has 0 saturated carbocycles. The number of ether oxygens (including phenoxy) is 1. The molecule has 0 aliphatic rings. The monoisotopic (exact) mass is 387 g/mol. The van der Waals surface area contributed by atoms with Crippen molar-refractivity contribution in [3.05, 3.63) is 65.5 Å². The standard InChI is InChI=1S/C20H22FN3O4/c1-12-8-9-15(11-16(12)21)23-18(25)13(2)28-19(26)17(24-20(22)27)10-14-6-4-3-5-7-14/h3-9,11,13,17H,10H2,1-2H3,(H,23,25)(H3,22,24,27)/t13-,17+/m1/s1. The number of anilines is 1. The topological polar surface area (TPSA) is 111 Å². The minimum absolute atomic E-state index is 0.153. The Kier molecular flexibility index (Phi) is 7.08. The Morgan fingerprint density at radius 1 is 1.14 bits per heavy atom. The Balaban J connectivity index is 2.00. The van der Waals surface area contributed by atoms with Crippen molar-refractivity contribution in [3.63, 3.8) is 0 Å². The van der Waals surface area contributed by atoms with Gasteiger partial charge in [-0.05, 0) is 37.1 Å². The summed E-state index contributed by atoms with van der Waals surface area (Å²) >= 11 is 0. The van der Waals surface area contributed by atoms with Crippen LogP contribution in [-0.2, 0) is 20.7 Å². The summed E-state index contributed by atoms with van der Waals surface area (Å²) in [4.78, 5) is 35.9. The van der Waals surface area contributed by atoms with Gasteiger partial charge in [-0.3, -0.25) is 4.79 Å². The zero-order chi connectivity index (χ0) is 20.7. The molecule has 2 aromatic rings. The summed E-state index contributed by atoms with van der Waals surface area (Å²) in [5.74, 6) is -1.90. The van der Waals surface area contributed by atoms with E-state index in [-0.39, 0.29) is 12.1 Å². The predicted molar refractivity (Wildman–Crippen MR) is 102 cm³/mol. The average molecular weight is 387 g/mol. The third-order valence-corrected chi connectivity index (χ3v) is 3.99. The van der Waals surface area contributed by atoms with E-state index >= 15 is 0 Å². The van der Waals surface area contributed by atoms with Gasteiger partial charge in [0.25, 0.3) is 5.91 Å². The fourth-order valence-electron chi connectivity index (χ4n) is 2.44. The van der Waals surface area contributed by atoms with Crippen molar-refractivity contribution in [1.82, 2.24) is 5.32 Å². The lowest BCUT2D eigenvalue weighted by atomic mass is 10.1. The first-order valence-electron chi connectivity index (χ1n) is 8.63. The van der Waals surface area contributed by atoms with E-state index in [1.165, 1.54) is 25.1 Å². The molecule has 0 spiro atoms. The molecule has 0 saturated heterocycles. The molecular weight excluding hydrogens is 365 g/mol. The first-order valence-corrected chi connectivity index (χ1v) is 8.63.